The molecule has 1 N–H and O–H groups in total. The van der Waals surface area contributed by atoms with Crippen molar-refractivity contribution < 1.29 is 13.6 Å². The van der Waals surface area contributed by atoms with Crippen molar-refractivity contribution in [2.24, 2.45) is 0 Å². The lowest BCUT2D eigenvalue weighted by Crippen LogP contribution is -2.19. The molecular formula is C9H8F2NO. The second-order valence-electron chi connectivity index (χ2n) is 2.51. The first-order chi connectivity index (χ1) is 6.09. The van der Waals surface area contributed by atoms with Gasteiger partial charge in [0.15, 0.2) is 0 Å². The molecular weight excluding hydrogens is 176 g/mol. The smallest absolute Gasteiger partial charge is 0.220 e. The Morgan fingerprint density at radius 1 is 1.46 bits per heavy atom. The van der Waals surface area contributed by atoms with Crippen LogP contribution in [-0.2, 0) is 11.3 Å². The van der Waals surface area contributed by atoms with Gasteiger partial charge in [-0.2, -0.15) is 0 Å². The Balaban J connectivity index is 2.72. The number of carbonyl (C=O) groups excluding carboxylic acids is 1. The molecule has 0 aliphatic heterocycles. The van der Waals surface area contributed by atoms with Gasteiger partial charge in [0.2, 0.25) is 5.91 Å². The Labute approximate surface area is 74.6 Å². The van der Waals surface area contributed by atoms with Crippen molar-refractivity contribution in [2.45, 2.75) is 6.54 Å². The monoisotopic (exact) mass is 184 g/mol. The van der Waals surface area contributed by atoms with Gasteiger partial charge in [0.1, 0.15) is 11.6 Å². The highest BCUT2D eigenvalue weighted by Gasteiger charge is 2.03. The Morgan fingerprint density at radius 2 is 2.15 bits per heavy atom. The summed E-state index contributed by atoms with van der Waals surface area (Å²) in [7, 11) is 0. The largest absolute Gasteiger partial charge is 0.352 e. The lowest BCUT2D eigenvalue weighted by Gasteiger charge is -2.03. The third-order valence-electron chi connectivity index (χ3n) is 1.49. The first-order valence-corrected chi connectivity index (χ1v) is 3.63. The summed E-state index contributed by atoms with van der Waals surface area (Å²) in [6.07, 6.45) is 0. The fourth-order valence-corrected chi connectivity index (χ4v) is 0.859. The Morgan fingerprint density at radius 3 is 2.69 bits per heavy atom. The molecule has 1 radical (unpaired) electrons. The summed E-state index contributed by atoms with van der Waals surface area (Å²) in [4.78, 5) is 10.4. The number of nitrogens with one attached hydrogen (secondary N) is 1. The Bertz CT molecular complexity index is 325. The molecule has 0 fully saturated rings. The van der Waals surface area contributed by atoms with Crippen LogP contribution < -0.4 is 5.32 Å². The highest BCUT2D eigenvalue weighted by molar-refractivity contribution is 5.79. The van der Waals surface area contributed by atoms with Gasteiger partial charge in [0, 0.05) is 25.1 Å². The fourth-order valence-electron chi connectivity index (χ4n) is 0.859. The van der Waals surface area contributed by atoms with Crippen LogP contribution in [0, 0.1) is 18.6 Å². The molecule has 0 aliphatic rings. The average Bonchev–Trinajstić information content (AvgIpc) is 2.02. The molecule has 0 unspecified atom stereocenters. The number of amides is 1. The van der Waals surface area contributed by atoms with E-state index in [4.69, 9.17) is 0 Å². The number of hydrogen-bond donors (Lipinski definition) is 1. The molecule has 0 aromatic heterocycles. The lowest BCUT2D eigenvalue weighted by atomic mass is 10.2. The van der Waals surface area contributed by atoms with Crippen molar-refractivity contribution in [2.75, 3.05) is 0 Å². The van der Waals surface area contributed by atoms with Crippen molar-refractivity contribution in [1.29, 1.82) is 0 Å². The van der Waals surface area contributed by atoms with E-state index in [-0.39, 0.29) is 12.1 Å². The molecule has 0 saturated heterocycles. The Hall–Kier alpha value is -1.45. The summed E-state index contributed by atoms with van der Waals surface area (Å²) in [6.45, 7) is 3.08. The third-order valence-corrected chi connectivity index (χ3v) is 1.49. The highest BCUT2D eigenvalue weighted by Crippen LogP contribution is 2.08. The molecule has 0 bridgehead atoms. The van der Waals surface area contributed by atoms with Crippen molar-refractivity contribution >= 4 is 5.91 Å². The van der Waals surface area contributed by atoms with Gasteiger partial charge in [-0.25, -0.2) is 8.78 Å². The van der Waals surface area contributed by atoms with Crippen molar-refractivity contribution in [3.05, 3.63) is 42.3 Å². The van der Waals surface area contributed by atoms with Gasteiger partial charge in [0.05, 0.1) is 0 Å². The van der Waals surface area contributed by atoms with Gasteiger partial charge >= 0.3 is 0 Å². The molecule has 1 aromatic carbocycles. The van der Waals surface area contributed by atoms with Gasteiger partial charge in [0.25, 0.3) is 0 Å². The summed E-state index contributed by atoms with van der Waals surface area (Å²) in [5.74, 6) is -1.81. The zero-order valence-electron chi connectivity index (χ0n) is 6.81. The van der Waals surface area contributed by atoms with Crippen LogP contribution in [-0.4, -0.2) is 5.91 Å². The normalized spacial score (nSPS) is 9.77. The number of rotatable bonds is 2. The van der Waals surface area contributed by atoms with Crippen LogP contribution >= 0.6 is 0 Å². The van der Waals surface area contributed by atoms with E-state index in [1.807, 2.05) is 0 Å². The predicted molar refractivity (Wildman–Crippen MR) is 43.6 cm³/mol. The zero-order valence-corrected chi connectivity index (χ0v) is 6.81. The molecule has 4 heteroatoms. The summed E-state index contributed by atoms with van der Waals surface area (Å²) in [5, 5.41) is 2.31. The summed E-state index contributed by atoms with van der Waals surface area (Å²) >= 11 is 0. The van der Waals surface area contributed by atoms with Crippen LogP contribution in [0.4, 0.5) is 8.78 Å². The molecule has 0 atom stereocenters. The minimum atomic E-state index is -0.672. The first kappa shape index (κ1) is 9.64. The van der Waals surface area contributed by atoms with E-state index in [0.29, 0.717) is 0 Å². The van der Waals surface area contributed by atoms with Gasteiger partial charge in [-0.15, -0.1) is 0 Å². The molecule has 0 saturated carbocycles. The van der Waals surface area contributed by atoms with E-state index in [2.05, 4.69) is 12.2 Å². The standard InChI is InChI=1S/C9H8F2NO/c1-6(13)12-5-7-2-3-8(10)4-9(7)11/h2-4H,1,5H2,(H,12,13). The summed E-state index contributed by atoms with van der Waals surface area (Å²) in [5.41, 5.74) is 0.235. The molecule has 1 rings (SSSR count). The maximum Gasteiger partial charge on any atom is 0.220 e. The highest BCUT2D eigenvalue weighted by atomic mass is 19.1. The van der Waals surface area contributed by atoms with Gasteiger partial charge in [-0.3, -0.25) is 4.79 Å². The second kappa shape index (κ2) is 3.98. The van der Waals surface area contributed by atoms with Crippen molar-refractivity contribution in [1.82, 2.24) is 5.32 Å². The van der Waals surface area contributed by atoms with E-state index < -0.39 is 17.5 Å². The summed E-state index contributed by atoms with van der Waals surface area (Å²) in [6, 6.07) is 3.18. The maximum absolute atomic E-state index is 12.9. The van der Waals surface area contributed by atoms with E-state index in [0.717, 1.165) is 12.1 Å². The van der Waals surface area contributed by atoms with Gasteiger partial charge in [-0.1, -0.05) is 6.07 Å². The van der Waals surface area contributed by atoms with E-state index in [9.17, 15) is 13.6 Å². The maximum atomic E-state index is 12.9. The van der Waals surface area contributed by atoms with Gasteiger partial charge in [-0.05, 0) is 6.07 Å². The van der Waals surface area contributed by atoms with Crippen LogP contribution in [0.1, 0.15) is 5.56 Å². The number of hydrogen-bond acceptors (Lipinski definition) is 1. The predicted octanol–water partition coefficient (Wildman–Crippen LogP) is 1.42. The van der Waals surface area contributed by atoms with Crippen molar-refractivity contribution in [3.63, 3.8) is 0 Å². The minimum absolute atomic E-state index is 0.0223. The van der Waals surface area contributed by atoms with Crippen LogP contribution in [0.25, 0.3) is 0 Å². The molecule has 1 aromatic rings. The molecule has 1 amide bonds. The molecule has 0 spiro atoms. The van der Waals surface area contributed by atoms with Crippen LogP contribution in [0.15, 0.2) is 18.2 Å². The second-order valence-corrected chi connectivity index (χ2v) is 2.51. The quantitative estimate of drug-likeness (QED) is 0.739. The number of halogens is 2. The SMILES string of the molecule is [CH2]C(=O)NCc1ccc(F)cc1F. The molecule has 13 heavy (non-hydrogen) atoms. The van der Waals surface area contributed by atoms with E-state index >= 15 is 0 Å². The van der Waals surface area contributed by atoms with Crippen LogP contribution in [0.3, 0.4) is 0 Å². The summed E-state index contributed by atoms with van der Waals surface area (Å²) < 4.78 is 25.3. The van der Waals surface area contributed by atoms with E-state index in [1.165, 1.54) is 6.07 Å². The van der Waals surface area contributed by atoms with Gasteiger partial charge < -0.3 is 5.32 Å². The fraction of sp³-hybridized carbons (Fsp3) is 0.111. The molecule has 0 heterocycles. The number of benzene rings is 1. The Kier molecular flexibility index (Phi) is 2.95. The molecule has 0 aliphatic carbocycles. The first-order valence-electron chi connectivity index (χ1n) is 3.63. The van der Waals surface area contributed by atoms with Crippen molar-refractivity contribution in [3.8, 4) is 0 Å². The minimum Gasteiger partial charge on any atom is -0.352 e. The lowest BCUT2D eigenvalue weighted by molar-refractivity contribution is -0.116. The number of carbonyl (C=O) groups is 1. The van der Waals surface area contributed by atoms with E-state index in [1.54, 1.807) is 0 Å². The zero-order chi connectivity index (χ0) is 9.84. The van der Waals surface area contributed by atoms with Crippen LogP contribution in [0.5, 0.6) is 0 Å². The topological polar surface area (TPSA) is 29.1 Å². The third kappa shape index (κ3) is 2.82. The van der Waals surface area contributed by atoms with Crippen LogP contribution in [0.2, 0.25) is 0 Å². The average molecular weight is 184 g/mol. The molecule has 2 nitrogen and oxygen atoms in total. The molecule has 69 valence electrons.